The largest absolute Gasteiger partial charge is 0.465 e. The number of benzene rings is 1. The highest BCUT2D eigenvalue weighted by Crippen LogP contribution is 2.33. The summed E-state index contributed by atoms with van der Waals surface area (Å²) >= 11 is 0. The van der Waals surface area contributed by atoms with Crippen molar-refractivity contribution in [3.63, 3.8) is 0 Å². The van der Waals surface area contributed by atoms with E-state index in [0.717, 1.165) is 36.4 Å². The van der Waals surface area contributed by atoms with E-state index in [9.17, 15) is 14.7 Å². The first-order chi connectivity index (χ1) is 10.2. The third kappa shape index (κ3) is 2.58. The van der Waals surface area contributed by atoms with Gasteiger partial charge in [0.25, 0.3) is 0 Å². The lowest BCUT2D eigenvalue weighted by atomic mass is 10.00. The maximum Gasteiger partial charge on any atom is 0.415 e. The van der Waals surface area contributed by atoms with Gasteiger partial charge in [-0.25, -0.2) is 14.5 Å². The van der Waals surface area contributed by atoms with E-state index in [0.29, 0.717) is 0 Å². The third-order valence-electron chi connectivity index (χ3n) is 4.26. The van der Waals surface area contributed by atoms with Crippen LogP contribution in [0.25, 0.3) is 0 Å². The van der Waals surface area contributed by atoms with Crippen LogP contribution in [0.5, 0.6) is 0 Å². The number of nitrogens with zero attached hydrogens (tertiary/aromatic N) is 2. The van der Waals surface area contributed by atoms with Crippen molar-refractivity contribution in [2.24, 2.45) is 0 Å². The van der Waals surface area contributed by atoms with Gasteiger partial charge in [0.2, 0.25) is 0 Å². The monoisotopic (exact) mass is 289 g/mol. The quantitative estimate of drug-likeness (QED) is 0.872. The zero-order valence-corrected chi connectivity index (χ0v) is 11.7. The van der Waals surface area contributed by atoms with Gasteiger partial charge in [0.15, 0.2) is 0 Å². The van der Waals surface area contributed by atoms with Gasteiger partial charge in [0, 0.05) is 6.04 Å². The molecule has 1 unspecified atom stereocenters. The molecule has 0 saturated carbocycles. The number of nitrogens with one attached hydrogen (secondary N) is 1. The van der Waals surface area contributed by atoms with E-state index in [1.807, 2.05) is 30.3 Å². The number of carbonyl (C=O) groups is 2. The van der Waals surface area contributed by atoms with E-state index in [-0.39, 0.29) is 24.7 Å². The molecule has 3 amide bonds. The normalized spacial score (nSPS) is 23.6. The van der Waals surface area contributed by atoms with E-state index in [4.69, 9.17) is 0 Å². The van der Waals surface area contributed by atoms with Gasteiger partial charge in [0.05, 0.1) is 12.6 Å². The molecular formula is C15H19N3O3. The summed E-state index contributed by atoms with van der Waals surface area (Å²) in [6, 6.07) is 9.21. The highest BCUT2D eigenvalue weighted by atomic mass is 16.4. The molecule has 112 valence electrons. The van der Waals surface area contributed by atoms with E-state index in [1.54, 1.807) is 4.90 Å². The number of hydrogen-bond donors (Lipinski definition) is 2. The van der Waals surface area contributed by atoms with Gasteiger partial charge in [0.1, 0.15) is 0 Å². The van der Waals surface area contributed by atoms with Crippen molar-refractivity contribution < 1.29 is 14.7 Å². The Balaban J connectivity index is 1.91. The molecule has 1 aromatic carbocycles. The summed E-state index contributed by atoms with van der Waals surface area (Å²) in [6.45, 7) is 1.94. The molecule has 2 aliphatic heterocycles. The fourth-order valence-electron chi connectivity index (χ4n) is 3.21. The molecule has 0 bridgehead atoms. The van der Waals surface area contributed by atoms with Gasteiger partial charge in [-0.05, 0) is 31.5 Å². The van der Waals surface area contributed by atoms with Crippen LogP contribution in [0.4, 0.5) is 9.59 Å². The Hall–Kier alpha value is -2.08. The van der Waals surface area contributed by atoms with Gasteiger partial charge in [-0.2, -0.15) is 0 Å². The molecule has 6 heteroatoms. The Bertz CT molecular complexity index is 528. The van der Waals surface area contributed by atoms with E-state index >= 15 is 0 Å². The van der Waals surface area contributed by atoms with Crippen molar-refractivity contribution in [1.82, 2.24) is 15.1 Å². The van der Waals surface area contributed by atoms with Gasteiger partial charge < -0.3 is 15.3 Å². The first kappa shape index (κ1) is 13.9. The maximum absolute atomic E-state index is 12.5. The second-order valence-corrected chi connectivity index (χ2v) is 5.49. The SMILES string of the molecule is O=C(O)N1CC(c2ccccc2)N(C2CCNCC2)C1=O. The Kier molecular flexibility index (Phi) is 3.79. The van der Waals surface area contributed by atoms with Crippen molar-refractivity contribution in [2.45, 2.75) is 24.9 Å². The fraction of sp³-hybridized carbons (Fsp3) is 0.467. The Morgan fingerprint density at radius 1 is 1.19 bits per heavy atom. The molecule has 1 aromatic rings. The summed E-state index contributed by atoms with van der Waals surface area (Å²) in [7, 11) is 0. The molecule has 3 rings (SSSR count). The van der Waals surface area contributed by atoms with Crippen LogP contribution < -0.4 is 5.32 Å². The molecule has 1 atom stereocenters. The Morgan fingerprint density at radius 2 is 1.86 bits per heavy atom. The molecular weight excluding hydrogens is 270 g/mol. The predicted molar refractivity (Wildman–Crippen MR) is 77.0 cm³/mol. The number of carbonyl (C=O) groups excluding carboxylic acids is 1. The fourth-order valence-corrected chi connectivity index (χ4v) is 3.21. The van der Waals surface area contributed by atoms with Crippen LogP contribution in [0.1, 0.15) is 24.4 Å². The van der Waals surface area contributed by atoms with Gasteiger partial charge in [-0.3, -0.25) is 0 Å². The zero-order chi connectivity index (χ0) is 14.8. The molecule has 2 aliphatic rings. The second kappa shape index (κ2) is 5.73. The second-order valence-electron chi connectivity index (χ2n) is 5.49. The number of amides is 3. The molecule has 0 aromatic heterocycles. The van der Waals surface area contributed by atoms with Crippen LogP contribution in [0.3, 0.4) is 0 Å². The molecule has 0 aliphatic carbocycles. The number of carboxylic acid groups (broad SMARTS) is 1. The number of rotatable bonds is 2. The lowest BCUT2D eigenvalue weighted by molar-refractivity contribution is 0.140. The van der Waals surface area contributed by atoms with Crippen LogP contribution >= 0.6 is 0 Å². The van der Waals surface area contributed by atoms with Gasteiger partial charge in [-0.15, -0.1) is 0 Å². The summed E-state index contributed by atoms with van der Waals surface area (Å²) < 4.78 is 0. The van der Waals surface area contributed by atoms with E-state index in [1.165, 1.54) is 0 Å². The molecule has 6 nitrogen and oxygen atoms in total. The summed E-state index contributed by atoms with van der Waals surface area (Å²) in [6.07, 6.45) is 0.558. The van der Waals surface area contributed by atoms with Gasteiger partial charge in [-0.1, -0.05) is 30.3 Å². The van der Waals surface area contributed by atoms with Crippen molar-refractivity contribution in [2.75, 3.05) is 19.6 Å². The standard InChI is InChI=1S/C15H19N3O3/c19-14-17(15(20)21)10-13(11-4-2-1-3-5-11)18(14)12-6-8-16-9-7-12/h1-5,12-13,16H,6-10H2,(H,20,21). The summed E-state index contributed by atoms with van der Waals surface area (Å²) in [4.78, 5) is 26.5. The third-order valence-corrected chi connectivity index (χ3v) is 4.26. The molecule has 2 fully saturated rings. The maximum atomic E-state index is 12.5. The van der Waals surface area contributed by atoms with Crippen molar-refractivity contribution in [3.05, 3.63) is 35.9 Å². The average molecular weight is 289 g/mol. The number of imide groups is 1. The van der Waals surface area contributed by atoms with Crippen LogP contribution in [-0.4, -0.2) is 52.7 Å². The number of hydrogen-bond acceptors (Lipinski definition) is 3. The lowest BCUT2D eigenvalue weighted by Crippen LogP contribution is -2.46. The Morgan fingerprint density at radius 3 is 2.48 bits per heavy atom. The summed E-state index contributed by atoms with van der Waals surface area (Å²) in [5.41, 5.74) is 0.994. The average Bonchev–Trinajstić information content (AvgIpc) is 2.87. The molecule has 2 heterocycles. The number of piperidine rings is 1. The summed E-state index contributed by atoms with van der Waals surface area (Å²) in [5, 5.41) is 12.5. The molecule has 21 heavy (non-hydrogen) atoms. The predicted octanol–water partition coefficient (Wildman–Crippen LogP) is 1.90. The zero-order valence-electron chi connectivity index (χ0n) is 11.7. The van der Waals surface area contributed by atoms with Gasteiger partial charge >= 0.3 is 12.1 Å². The minimum atomic E-state index is -1.17. The van der Waals surface area contributed by atoms with E-state index < -0.39 is 6.09 Å². The van der Waals surface area contributed by atoms with Crippen LogP contribution in [0.2, 0.25) is 0 Å². The number of urea groups is 1. The van der Waals surface area contributed by atoms with Crippen LogP contribution in [0, 0.1) is 0 Å². The highest BCUT2D eigenvalue weighted by Gasteiger charge is 2.44. The van der Waals surface area contributed by atoms with Crippen molar-refractivity contribution >= 4 is 12.1 Å². The smallest absolute Gasteiger partial charge is 0.415 e. The lowest BCUT2D eigenvalue weighted by Gasteiger charge is -2.35. The molecule has 2 N–H and O–H groups in total. The molecule has 2 saturated heterocycles. The Labute approximate surface area is 123 Å². The highest BCUT2D eigenvalue weighted by molar-refractivity contribution is 5.92. The van der Waals surface area contributed by atoms with Crippen LogP contribution in [-0.2, 0) is 0 Å². The van der Waals surface area contributed by atoms with Crippen molar-refractivity contribution in [1.29, 1.82) is 0 Å². The first-order valence-electron chi connectivity index (χ1n) is 7.27. The summed E-state index contributed by atoms with van der Waals surface area (Å²) in [5.74, 6) is 0. The molecule has 0 radical (unpaired) electrons. The van der Waals surface area contributed by atoms with E-state index in [2.05, 4.69) is 5.32 Å². The van der Waals surface area contributed by atoms with Crippen LogP contribution in [0.15, 0.2) is 30.3 Å². The minimum Gasteiger partial charge on any atom is -0.465 e. The first-order valence-corrected chi connectivity index (χ1v) is 7.27. The molecule has 0 spiro atoms. The van der Waals surface area contributed by atoms with Crippen molar-refractivity contribution in [3.8, 4) is 0 Å². The topological polar surface area (TPSA) is 72.9 Å². The minimum absolute atomic E-state index is 0.105.